The normalized spacial score (nSPS) is 10.9. The average Bonchev–Trinajstić information content (AvgIpc) is 2.72. The van der Waals surface area contributed by atoms with Gasteiger partial charge in [-0.2, -0.15) is 0 Å². The summed E-state index contributed by atoms with van der Waals surface area (Å²) < 4.78 is 1.89. The van der Waals surface area contributed by atoms with Gasteiger partial charge in [0.15, 0.2) is 0 Å². The van der Waals surface area contributed by atoms with Gasteiger partial charge in [-0.15, -0.1) is 0 Å². The van der Waals surface area contributed by atoms with Gasteiger partial charge in [0.1, 0.15) is 6.54 Å². The summed E-state index contributed by atoms with van der Waals surface area (Å²) >= 11 is 0. The third-order valence-electron chi connectivity index (χ3n) is 2.92. The zero-order valence-electron chi connectivity index (χ0n) is 10.6. The van der Waals surface area contributed by atoms with Crippen molar-refractivity contribution >= 4 is 16.8 Å². The number of fused-ring (bicyclic) bond motifs is 1. The maximum atomic E-state index is 11.0. The zero-order chi connectivity index (χ0) is 13.0. The second-order valence-corrected chi connectivity index (χ2v) is 4.48. The van der Waals surface area contributed by atoms with E-state index >= 15 is 0 Å². The SMILES string of the molecule is CCCNCc1ccc2ccn(CC(N)=O)c2c1. The van der Waals surface area contributed by atoms with Gasteiger partial charge in [0.2, 0.25) is 5.91 Å². The maximum Gasteiger partial charge on any atom is 0.237 e. The molecule has 4 heteroatoms. The number of carbonyl (C=O) groups is 1. The second-order valence-electron chi connectivity index (χ2n) is 4.48. The van der Waals surface area contributed by atoms with Crippen molar-refractivity contribution in [1.82, 2.24) is 9.88 Å². The Morgan fingerprint density at radius 3 is 2.94 bits per heavy atom. The van der Waals surface area contributed by atoms with Crippen LogP contribution in [0.4, 0.5) is 0 Å². The van der Waals surface area contributed by atoms with Crippen molar-refractivity contribution in [2.45, 2.75) is 26.4 Å². The molecule has 0 radical (unpaired) electrons. The van der Waals surface area contributed by atoms with Crippen LogP contribution in [0, 0.1) is 0 Å². The standard InChI is InChI=1S/C14H19N3O/c1-2-6-16-9-11-3-4-12-5-7-17(10-14(15)18)13(12)8-11/h3-5,7-8,16H,2,6,9-10H2,1H3,(H2,15,18). The van der Waals surface area contributed by atoms with E-state index in [1.807, 2.05) is 16.8 Å². The van der Waals surface area contributed by atoms with Gasteiger partial charge in [-0.3, -0.25) is 4.79 Å². The smallest absolute Gasteiger partial charge is 0.237 e. The van der Waals surface area contributed by atoms with E-state index in [0.717, 1.165) is 30.4 Å². The summed E-state index contributed by atoms with van der Waals surface area (Å²) in [6, 6.07) is 8.30. The Morgan fingerprint density at radius 1 is 1.39 bits per heavy atom. The first-order valence-electron chi connectivity index (χ1n) is 6.27. The number of rotatable bonds is 6. The number of benzene rings is 1. The molecule has 0 fully saturated rings. The first kappa shape index (κ1) is 12.6. The maximum absolute atomic E-state index is 11.0. The molecular weight excluding hydrogens is 226 g/mol. The van der Waals surface area contributed by atoms with Crippen LogP contribution >= 0.6 is 0 Å². The Balaban J connectivity index is 2.21. The van der Waals surface area contributed by atoms with Crippen LogP contribution in [0.2, 0.25) is 0 Å². The number of nitrogens with two attached hydrogens (primary N) is 1. The molecule has 0 aliphatic carbocycles. The van der Waals surface area contributed by atoms with Crippen molar-refractivity contribution in [2.75, 3.05) is 6.54 Å². The highest BCUT2D eigenvalue weighted by Gasteiger charge is 2.04. The summed E-state index contributed by atoms with van der Waals surface area (Å²) in [5.74, 6) is -0.318. The highest BCUT2D eigenvalue weighted by Crippen LogP contribution is 2.17. The molecule has 1 amide bonds. The average molecular weight is 245 g/mol. The van der Waals surface area contributed by atoms with Crippen LogP contribution in [0.1, 0.15) is 18.9 Å². The Morgan fingerprint density at radius 2 is 2.22 bits per heavy atom. The molecule has 0 aliphatic heterocycles. The van der Waals surface area contributed by atoms with Crippen molar-refractivity contribution in [1.29, 1.82) is 0 Å². The molecule has 2 rings (SSSR count). The van der Waals surface area contributed by atoms with Crippen LogP contribution in [-0.4, -0.2) is 17.0 Å². The fraction of sp³-hybridized carbons (Fsp3) is 0.357. The van der Waals surface area contributed by atoms with E-state index in [1.165, 1.54) is 5.56 Å². The fourth-order valence-electron chi connectivity index (χ4n) is 2.05. The van der Waals surface area contributed by atoms with E-state index in [9.17, 15) is 4.79 Å². The molecule has 96 valence electrons. The Bertz CT molecular complexity index is 545. The molecule has 0 bridgehead atoms. The number of carbonyl (C=O) groups excluding carboxylic acids is 1. The number of hydrogen-bond acceptors (Lipinski definition) is 2. The van der Waals surface area contributed by atoms with Gasteiger partial charge in [0, 0.05) is 18.3 Å². The van der Waals surface area contributed by atoms with Crippen LogP contribution in [-0.2, 0) is 17.9 Å². The van der Waals surface area contributed by atoms with Gasteiger partial charge in [-0.05, 0) is 36.0 Å². The third kappa shape index (κ3) is 2.90. The second kappa shape index (κ2) is 5.69. The molecule has 4 nitrogen and oxygen atoms in total. The molecule has 1 aromatic carbocycles. The summed E-state index contributed by atoms with van der Waals surface area (Å²) in [6.45, 7) is 4.25. The van der Waals surface area contributed by atoms with Gasteiger partial charge in [-0.25, -0.2) is 0 Å². The van der Waals surface area contributed by atoms with Gasteiger partial charge < -0.3 is 15.6 Å². The predicted molar refractivity (Wildman–Crippen MR) is 73.1 cm³/mol. The Kier molecular flexibility index (Phi) is 3.99. The minimum atomic E-state index is -0.318. The molecule has 1 aromatic heterocycles. The monoisotopic (exact) mass is 245 g/mol. The van der Waals surface area contributed by atoms with Crippen molar-refractivity contribution in [3.05, 3.63) is 36.0 Å². The summed E-state index contributed by atoms with van der Waals surface area (Å²) in [6.07, 6.45) is 3.03. The van der Waals surface area contributed by atoms with Crippen LogP contribution < -0.4 is 11.1 Å². The minimum absolute atomic E-state index is 0.231. The Hall–Kier alpha value is -1.81. The largest absolute Gasteiger partial charge is 0.368 e. The molecular formula is C14H19N3O. The zero-order valence-corrected chi connectivity index (χ0v) is 10.6. The molecule has 1 heterocycles. The molecule has 0 saturated heterocycles. The van der Waals surface area contributed by atoms with Crippen LogP contribution in [0.5, 0.6) is 0 Å². The van der Waals surface area contributed by atoms with Gasteiger partial charge >= 0.3 is 0 Å². The molecule has 0 spiro atoms. The van der Waals surface area contributed by atoms with E-state index in [-0.39, 0.29) is 12.5 Å². The molecule has 0 aliphatic rings. The summed E-state index contributed by atoms with van der Waals surface area (Å²) in [5.41, 5.74) is 7.52. The Labute approximate surface area is 107 Å². The third-order valence-corrected chi connectivity index (χ3v) is 2.92. The van der Waals surface area contributed by atoms with Gasteiger partial charge in [-0.1, -0.05) is 19.1 Å². The molecule has 18 heavy (non-hydrogen) atoms. The van der Waals surface area contributed by atoms with E-state index in [0.29, 0.717) is 0 Å². The fourth-order valence-corrected chi connectivity index (χ4v) is 2.05. The van der Waals surface area contributed by atoms with Crippen LogP contribution in [0.25, 0.3) is 10.9 Å². The van der Waals surface area contributed by atoms with Crippen molar-refractivity contribution in [3.63, 3.8) is 0 Å². The quantitative estimate of drug-likeness (QED) is 0.760. The predicted octanol–water partition coefficient (Wildman–Crippen LogP) is 1.63. The molecule has 0 unspecified atom stereocenters. The first-order valence-corrected chi connectivity index (χ1v) is 6.27. The van der Waals surface area contributed by atoms with Gasteiger partial charge in [0.25, 0.3) is 0 Å². The number of hydrogen-bond donors (Lipinski definition) is 2. The van der Waals surface area contributed by atoms with E-state index < -0.39 is 0 Å². The van der Waals surface area contributed by atoms with Crippen molar-refractivity contribution in [2.24, 2.45) is 5.73 Å². The number of amides is 1. The van der Waals surface area contributed by atoms with E-state index in [1.54, 1.807) is 0 Å². The highest BCUT2D eigenvalue weighted by atomic mass is 16.1. The highest BCUT2D eigenvalue weighted by molar-refractivity contribution is 5.83. The summed E-state index contributed by atoms with van der Waals surface area (Å²) in [5, 5.41) is 4.50. The number of aromatic nitrogens is 1. The molecule has 0 saturated carbocycles. The van der Waals surface area contributed by atoms with Crippen molar-refractivity contribution in [3.8, 4) is 0 Å². The molecule has 2 aromatic rings. The number of primary amides is 1. The van der Waals surface area contributed by atoms with E-state index in [2.05, 4.69) is 30.4 Å². The van der Waals surface area contributed by atoms with E-state index in [4.69, 9.17) is 5.73 Å². The lowest BCUT2D eigenvalue weighted by Gasteiger charge is -2.06. The number of nitrogens with one attached hydrogen (secondary N) is 1. The topological polar surface area (TPSA) is 60.1 Å². The van der Waals surface area contributed by atoms with Crippen molar-refractivity contribution < 1.29 is 4.79 Å². The summed E-state index contributed by atoms with van der Waals surface area (Å²) in [7, 11) is 0. The van der Waals surface area contributed by atoms with Crippen LogP contribution in [0.15, 0.2) is 30.5 Å². The first-order chi connectivity index (χ1) is 8.70. The lowest BCUT2D eigenvalue weighted by molar-refractivity contribution is -0.118. The minimum Gasteiger partial charge on any atom is -0.368 e. The number of nitrogens with zero attached hydrogens (tertiary/aromatic N) is 1. The lowest BCUT2D eigenvalue weighted by Crippen LogP contribution is -2.18. The lowest BCUT2D eigenvalue weighted by atomic mass is 10.1. The summed E-state index contributed by atoms with van der Waals surface area (Å²) in [4.78, 5) is 11.0. The van der Waals surface area contributed by atoms with Crippen LogP contribution in [0.3, 0.4) is 0 Å². The molecule has 3 N–H and O–H groups in total. The molecule has 0 atom stereocenters. The van der Waals surface area contributed by atoms with Gasteiger partial charge in [0.05, 0.1) is 0 Å².